The van der Waals surface area contributed by atoms with Crippen LogP contribution in [0.5, 0.6) is 11.5 Å². The third kappa shape index (κ3) is 4.42. The summed E-state index contributed by atoms with van der Waals surface area (Å²) in [6.07, 6.45) is 0. The molecule has 0 atom stereocenters. The van der Waals surface area contributed by atoms with E-state index in [0.717, 1.165) is 17.0 Å². The molecule has 0 radical (unpaired) electrons. The first kappa shape index (κ1) is 19.2. The number of rotatable bonds is 8. The Kier molecular flexibility index (Phi) is 5.71. The minimum atomic E-state index is -3.80. The summed E-state index contributed by atoms with van der Waals surface area (Å²) in [5.74, 6) is 1.53. The molecule has 2 heterocycles. The van der Waals surface area contributed by atoms with Gasteiger partial charge in [-0.1, -0.05) is 5.16 Å². The Morgan fingerprint density at radius 3 is 2.56 bits per heavy atom. The minimum absolute atomic E-state index is 0.163. The Morgan fingerprint density at radius 1 is 1.11 bits per heavy atom. The molecule has 0 amide bonds. The third-order valence-corrected chi connectivity index (χ3v) is 6.48. The smallest absolute Gasteiger partial charge is 0.271 e. The number of benzene rings is 1. The van der Waals surface area contributed by atoms with Crippen molar-refractivity contribution in [3.05, 3.63) is 42.1 Å². The molecule has 144 valence electrons. The molecule has 0 bridgehead atoms. The molecule has 3 aromatic rings. The van der Waals surface area contributed by atoms with E-state index in [1.807, 2.05) is 13.8 Å². The fourth-order valence-electron chi connectivity index (χ4n) is 2.40. The van der Waals surface area contributed by atoms with Gasteiger partial charge >= 0.3 is 0 Å². The van der Waals surface area contributed by atoms with Crippen LogP contribution in [0.25, 0.3) is 10.6 Å². The zero-order valence-electron chi connectivity index (χ0n) is 15.2. The van der Waals surface area contributed by atoms with Crippen molar-refractivity contribution < 1.29 is 22.4 Å². The first-order valence-corrected chi connectivity index (χ1v) is 10.7. The van der Waals surface area contributed by atoms with E-state index >= 15 is 0 Å². The topological polar surface area (TPSA) is 90.7 Å². The molecule has 0 aliphatic carbocycles. The quantitative estimate of drug-likeness (QED) is 0.597. The molecule has 1 N–H and O–H groups in total. The van der Waals surface area contributed by atoms with E-state index in [2.05, 4.69) is 9.88 Å². The van der Waals surface area contributed by atoms with Crippen LogP contribution in [-0.4, -0.2) is 26.8 Å². The number of anilines is 1. The van der Waals surface area contributed by atoms with Gasteiger partial charge in [0, 0.05) is 12.1 Å². The van der Waals surface area contributed by atoms with Crippen LogP contribution in [0, 0.1) is 6.92 Å². The standard InChI is InChI=1S/C18H20N2O5S2/c1-4-23-13-6-7-15(24-5-2)14(11-13)20-27(21,22)18-9-8-17(26-18)16-10-12(3)19-25-16/h6-11,20H,4-5H2,1-3H3. The molecule has 0 spiro atoms. The van der Waals surface area contributed by atoms with Crippen LogP contribution in [0.4, 0.5) is 5.69 Å². The largest absolute Gasteiger partial charge is 0.494 e. The van der Waals surface area contributed by atoms with Crippen molar-refractivity contribution in [1.82, 2.24) is 5.16 Å². The van der Waals surface area contributed by atoms with Crippen LogP contribution in [0.1, 0.15) is 19.5 Å². The number of sulfonamides is 1. The number of nitrogens with one attached hydrogen (secondary N) is 1. The lowest BCUT2D eigenvalue weighted by molar-refractivity contribution is 0.332. The van der Waals surface area contributed by atoms with Gasteiger partial charge in [-0.2, -0.15) is 0 Å². The molecule has 0 saturated carbocycles. The maximum absolute atomic E-state index is 12.8. The highest BCUT2D eigenvalue weighted by Gasteiger charge is 2.21. The second-order valence-electron chi connectivity index (χ2n) is 5.58. The first-order chi connectivity index (χ1) is 12.9. The number of aryl methyl sites for hydroxylation is 1. The molecule has 0 aliphatic rings. The van der Waals surface area contributed by atoms with Crippen molar-refractivity contribution in [2.24, 2.45) is 0 Å². The number of aromatic nitrogens is 1. The lowest BCUT2D eigenvalue weighted by Gasteiger charge is -2.14. The second kappa shape index (κ2) is 8.01. The highest BCUT2D eigenvalue weighted by atomic mass is 32.2. The molecule has 9 heteroatoms. The van der Waals surface area contributed by atoms with Crippen LogP contribution < -0.4 is 14.2 Å². The van der Waals surface area contributed by atoms with Crippen LogP contribution in [-0.2, 0) is 10.0 Å². The van der Waals surface area contributed by atoms with E-state index < -0.39 is 10.0 Å². The Balaban J connectivity index is 1.90. The third-order valence-electron chi connectivity index (χ3n) is 3.52. The predicted molar refractivity (Wildman–Crippen MR) is 104 cm³/mol. The molecular weight excluding hydrogens is 388 g/mol. The van der Waals surface area contributed by atoms with Gasteiger partial charge in [0.05, 0.1) is 29.5 Å². The molecule has 2 aromatic heterocycles. The number of ether oxygens (including phenoxy) is 2. The molecule has 7 nitrogen and oxygen atoms in total. The number of nitrogens with zero attached hydrogens (tertiary/aromatic N) is 1. The number of hydrogen-bond donors (Lipinski definition) is 1. The average Bonchev–Trinajstić information content (AvgIpc) is 3.26. The number of thiophene rings is 1. The summed E-state index contributed by atoms with van der Waals surface area (Å²) >= 11 is 1.10. The van der Waals surface area contributed by atoms with Crippen molar-refractivity contribution in [1.29, 1.82) is 0 Å². The van der Waals surface area contributed by atoms with Gasteiger partial charge < -0.3 is 14.0 Å². The van der Waals surface area contributed by atoms with Crippen LogP contribution in [0.15, 0.2) is 45.1 Å². The number of hydrogen-bond acceptors (Lipinski definition) is 7. The summed E-state index contributed by atoms with van der Waals surface area (Å²) in [7, 11) is -3.80. The summed E-state index contributed by atoms with van der Waals surface area (Å²) in [6, 6.07) is 10.0. The van der Waals surface area contributed by atoms with Gasteiger partial charge in [-0.05, 0) is 45.0 Å². The normalized spacial score (nSPS) is 11.4. The second-order valence-corrected chi connectivity index (χ2v) is 8.57. The lowest BCUT2D eigenvalue weighted by Crippen LogP contribution is -2.12. The maximum Gasteiger partial charge on any atom is 0.271 e. The maximum atomic E-state index is 12.8. The van der Waals surface area contributed by atoms with E-state index in [-0.39, 0.29) is 4.21 Å². The highest BCUT2D eigenvalue weighted by molar-refractivity contribution is 7.94. The first-order valence-electron chi connectivity index (χ1n) is 8.39. The average molecular weight is 409 g/mol. The Hall–Kier alpha value is -2.52. The molecule has 1 aromatic carbocycles. The zero-order chi connectivity index (χ0) is 19.4. The van der Waals surface area contributed by atoms with E-state index in [1.165, 1.54) is 6.07 Å². The predicted octanol–water partition coefficient (Wildman–Crippen LogP) is 4.31. The van der Waals surface area contributed by atoms with Gasteiger partial charge in [-0.25, -0.2) is 8.42 Å². The van der Waals surface area contributed by atoms with Gasteiger partial charge in [0.2, 0.25) is 0 Å². The summed E-state index contributed by atoms with van der Waals surface area (Å²) < 4.78 is 44.6. The van der Waals surface area contributed by atoms with E-state index in [0.29, 0.717) is 41.0 Å². The summed E-state index contributed by atoms with van der Waals surface area (Å²) in [4.78, 5) is 0.684. The lowest BCUT2D eigenvalue weighted by atomic mass is 10.3. The molecule has 27 heavy (non-hydrogen) atoms. The molecule has 0 aliphatic heterocycles. The zero-order valence-corrected chi connectivity index (χ0v) is 16.8. The van der Waals surface area contributed by atoms with Crippen molar-refractivity contribution in [2.75, 3.05) is 17.9 Å². The Bertz CT molecular complexity index is 1020. The van der Waals surface area contributed by atoms with Gasteiger partial charge in [0.1, 0.15) is 15.7 Å². The van der Waals surface area contributed by atoms with Crippen molar-refractivity contribution in [3.63, 3.8) is 0 Å². The summed E-state index contributed by atoms with van der Waals surface area (Å²) in [5, 5.41) is 3.83. The summed E-state index contributed by atoms with van der Waals surface area (Å²) in [5.41, 5.74) is 1.06. The SMILES string of the molecule is CCOc1ccc(OCC)c(NS(=O)(=O)c2ccc(-c3cc(C)no3)s2)c1. The van der Waals surface area contributed by atoms with E-state index in [4.69, 9.17) is 14.0 Å². The molecule has 3 rings (SSSR count). The van der Waals surface area contributed by atoms with Crippen LogP contribution >= 0.6 is 11.3 Å². The van der Waals surface area contributed by atoms with Gasteiger partial charge in [-0.15, -0.1) is 11.3 Å². The molecule has 0 unspecified atom stereocenters. The summed E-state index contributed by atoms with van der Waals surface area (Å²) in [6.45, 7) is 6.39. The monoisotopic (exact) mass is 408 g/mol. The highest BCUT2D eigenvalue weighted by Crippen LogP contribution is 2.35. The van der Waals surface area contributed by atoms with Crippen molar-refractivity contribution >= 4 is 27.0 Å². The van der Waals surface area contributed by atoms with Crippen molar-refractivity contribution in [3.8, 4) is 22.1 Å². The molecular formula is C18H20N2O5S2. The Morgan fingerprint density at radius 2 is 1.89 bits per heavy atom. The van der Waals surface area contributed by atoms with Gasteiger partial charge in [-0.3, -0.25) is 4.72 Å². The minimum Gasteiger partial charge on any atom is -0.494 e. The molecule has 0 saturated heterocycles. The molecule has 0 fully saturated rings. The fraction of sp³-hybridized carbons (Fsp3) is 0.278. The fourth-order valence-corrected chi connectivity index (χ4v) is 4.71. The van der Waals surface area contributed by atoms with Gasteiger partial charge in [0.15, 0.2) is 5.76 Å². The van der Waals surface area contributed by atoms with E-state index in [9.17, 15) is 8.42 Å². The Labute approximate surface area is 162 Å². The van der Waals surface area contributed by atoms with Crippen molar-refractivity contribution in [2.45, 2.75) is 25.0 Å². The van der Waals surface area contributed by atoms with Crippen LogP contribution in [0.3, 0.4) is 0 Å². The van der Waals surface area contributed by atoms with Gasteiger partial charge in [0.25, 0.3) is 10.0 Å². The van der Waals surface area contributed by atoms with E-state index in [1.54, 1.807) is 37.3 Å². The van der Waals surface area contributed by atoms with Crippen LogP contribution in [0.2, 0.25) is 0 Å².